The fourth-order valence-corrected chi connectivity index (χ4v) is 2.29. The van der Waals surface area contributed by atoms with Crippen molar-refractivity contribution in [3.05, 3.63) is 20.8 Å². The first-order valence-corrected chi connectivity index (χ1v) is 7.60. The number of fused-ring (bicyclic) bond motifs is 1. The number of aromatic amines is 1. The number of rotatable bonds is 9. The predicted octanol–water partition coefficient (Wildman–Crippen LogP) is -0.0918. The van der Waals surface area contributed by atoms with E-state index in [2.05, 4.69) is 15.3 Å². The Balaban J connectivity index is 2.34. The maximum absolute atomic E-state index is 12.1. The summed E-state index contributed by atoms with van der Waals surface area (Å²) >= 11 is 0. The Morgan fingerprint density at radius 2 is 2.09 bits per heavy atom. The van der Waals surface area contributed by atoms with E-state index in [0.717, 1.165) is 6.42 Å². The molecule has 0 saturated heterocycles. The van der Waals surface area contributed by atoms with Crippen molar-refractivity contribution in [2.45, 2.75) is 19.9 Å². The van der Waals surface area contributed by atoms with E-state index in [1.807, 2.05) is 6.92 Å². The molecule has 2 heterocycles. The molecule has 0 aliphatic rings. The van der Waals surface area contributed by atoms with E-state index in [1.54, 1.807) is 18.7 Å². The fraction of sp³-hybridized carbons (Fsp3) is 0.643. The number of imidazole rings is 1. The van der Waals surface area contributed by atoms with Gasteiger partial charge in [0.1, 0.15) is 0 Å². The Hall–Kier alpha value is -2.13. The summed E-state index contributed by atoms with van der Waals surface area (Å²) in [5.74, 6) is 0.542. The third kappa shape index (κ3) is 3.80. The number of hydrogen-bond acceptors (Lipinski definition) is 6. The molecule has 23 heavy (non-hydrogen) atoms. The maximum atomic E-state index is 12.1. The topological polar surface area (TPSA) is 103 Å². The minimum absolute atomic E-state index is 0.349. The molecule has 0 saturated carbocycles. The Morgan fingerprint density at radius 3 is 2.78 bits per heavy atom. The number of aromatic nitrogens is 4. The number of aryl methyl sites for hydroxylation is 1. The summed E-state index contributed by atoms with van der Waals surface area (Å²) in [5, 5.41) is 3.19. The van der Waals surface area contributed by atoms with Gasteiger partial charge in [0.15, 0.2) is 11.2 Å². The summed E-state index contributed by atoms with van der Waals surface area (Å²) in [6.45, 7) is 4.83. The van der Waals surface area contributed by atoms with Gasteiger partial charge < -0.3 is 19.4 Å². The summed E-state index contributed by atoms with van der Waals surface area (Å²) < 4.78 is 13.4. The van der Waals surface area contributed by atoms with Crippen LogP contribution < -0.4 is 16.6 Å². The molecule has 0 aliphatic heterocycles. The van der Waals surface area contributed by atoms with E-state index in [4.69, 9.17) is 9.47 Å². The van der Waals surface area contributed by atoms with Crippen LogP contribution in [0.2, 0.25) is 0 Å². The molecule has 0 bridgehead atoms. The molecule has 128 valence electrons. The quantitative estimate of drug-likeness (QED) is 0.625. The van der Waals surface area contributed by atoms with Gasteiger partial charge in [-0.05, 0) is 13.3 Å². The lowest BCUT2D eigenvalue weighted by atomic mass is 10.4. The minimum atomic E-state index is -0.484. The predicted molar refractivity (Wildman–Crippen MR) is 87.1 cm³/mol. The van der Waals surface area contributed by atoms with Crippen LogP contribution in [-0.4, -0.2) is 52.6 Å². The van der Waals surface area contributed by atoms with Gasteiger partial charge in [0.2, 0.25) is 5.95 Å². The highest BCUT2D eigenvalue weighted by atomic mass is 16.5. The first-order chi connectivity index (χ1) is 11.1. The molecule has 0 aromatic carbocycles. The Bertz CT molecular complexity index is 761. The molecular weight excluding hydrogens is 302 g/mol. The number of hydrogen-bond donors (Lipinski definition) is 2. The largest absolute Gasteiger partial charge is 0.383 e. The highest BCUT2D eigenvalue weighted by Crippen LogP contribution is 2.15. The van der Waals surface area contributed by atoms with E-state index < -0.39 is 11.2 Å². The summed E-state index contributed by atoms with van der Waals surface area (Å²) in [4.78, 5) is 30.6. The zero-order valence-electron chi connectivity index (χ0n) is 13.7. The SMILES string of the molecule is CCOCCCNc1nc2c(c(=O)[nH]c(=O)n2C)n1CCOC. The van der Waals surface area contributed by atoms with Crippen LogP contribution in [0.3, 0.4) is 0 Å². The van der Waals surface area contributed by atoms with Crippen LogP contribution in [0.4, 0.5) is 5.95 Å². The van der Waals surface area contributed by atoms with Gasteiger partial charge in [0, 0.05) is 40.5 Å². The van der Waals surface area contributed by atoms with Crippen molar-refractivity contribution >= 4 is 17.1 Å². The highest BCUT2D eigenvalue weighted by Gasteiger charge is 2.16. The normalized spacial score (nSPS) is 11.3. The van der Waals surface area contributed by atoms with Crippen LogP contribution in [0, 0.1) is 0 Å². The van der Waals surface area contributed by atoms with Gasteiger partial charge in [-0.25, -0.2) is 4.79 Å². The Kier molecular flexibility index (Phi) is 5.94. The number of nitrogens with one attached hydrogen (secondary N) is 2. The molecule has 9 nitrogen and oxygen atoms in total. The van der Waals surface area contributed by atoms with Crippen molar-refractivity contribution in [2.24, 2.45) is 7.05 Å². The number of anilines is 1. The average Bonchev–Trinajstić information content (AvgIpc) is 2.89. The molecule has 0 atom stereocenters. The van der Waals surface area contributed by atoms with Crippen molar-refractivity contribution in [1.29, 1.82) is 0 Å². The number of nitrogens with zero attached hydrogens (tertiary/aromatic N) is 3. The monoisotopic (exact) mass is 325 g/mol. The van der Waals surface area contributed by atoms with Crippen LogP contribution in [0.15, 0.2) is 9.59 Å². The first-order valence-electron chi connectivity index (χ1n) is 7.60. The standard InChI is InChI=1S/C14H23N5O4/c1-4-23-8-5-6-15-13-16-11-10(19(13)7-9-22-3)12(20)17-14(21)18(11)2/h4-9H2,1-3H3,(H,15,16)(H,17,20,21). The van der Waals surface area contributed by atoms with Gasteiger partial charge in [-0.2, -0.15) is 4.98 Å². The summed E-state index contributed by atoms with van der Waals surface area (Å²) in [6.07, 6.45) is 0.816. The summed E-state index contributed by atoms with van der Waals surface area (Å²) in [7, 11) is 3.17. The van der Waals surface area contributed by atoms with E-state index in [0.29, 0.717) is 50.0 Å². The van der Waals surface area contributed by atoms with Crippen LogP contribution >= 0.6 is 0 Å². The van der Waals surface area contributed by atoms with Crippen molar-refractivity contribution in [3.63, 3.8) is 0 Å². The second kappa shape index (κ2) is 7.93. The molecule has 2 N–H and O–H groups in total. The molecule has 0 aliphatic carbocycles. The van der Waals surface area contributed by atoms with Gasteiger partial charge in [-0.15, -0.1) is 0 Å². The Morgan fingerprint density at radius 1 is 1.30 bits per heavy atom. The molecule has 0 unspecified atom stereocenters. The number of ether oxygens (including phenoxy) is 2. The lowest BCUT2D eigenvalue weighted by molar-refractivity contribution is 0.147. The van der Waals surface area contributed by atoms with E-state index in [1.165, 1.54) is 4.57 Å². The van der Waals surface area contributed by atoms with Gasteiger partial charge in [-0.3, -0.25) is 14.3 Å². The van der Waals surface area contributed by atoms with E-state index in [9.17, 15) is 9.59 Å². The maximum Gasteiger partial charge on any atom is 0.329 e. The van der Waals surface area contributed by atoms with Crippen LogP contribution in [0.1, 0.15) is 13.3 Å². The van der Waals surface area contributed by atoms with Gasteiger partial charge >= 0.3 is 5.69 Å². The van der Waals surface area contributed by atoms with Crippen molar-refractivity contribution < 1.29 is 9.47 Å². The van der Waals surface area contributed by atoms with Crippen LogP contribution in [0.5, 0.6) is 0 Å². The second-order valence-corrected chi connectivity index (χ2v) is 5.05. The van der Waals surface area contributed by atoms with Crippen molar-refractivity contribution in [1.82, 2.24) is 19.1 Å². The third-order valence-corrected chi connectivity index (χ3v) is 3.48. The van der Waals surface area contributed by atoms with Gasteiger partial charge in [-0.1, -0.05) is 0 Å². The lowest BCUT2D eigenvalue weighted by Crippen LogP contribution is -2.29. The van der Waals surface area contributed by atoms with Gasteiger partial charge in [0.25, 0.3) is 5.56 Å². The molecule has 2 aromatic rings. The second-order valence-electron chi connectivity index (χ2n) is 5.05. The molecule has 9 heteroatoms. The molecule has 0 amide bonds. The van der Waals surface area contributed by atoms with Crippen LogP contribution in [0.25, 0.3) is 11.2 Å². The molecular formula is C14H23N5O4. The summed E-state index contributed by atoms with van der Waals surface area (Å²) in [5.41, 5.74) is -0.227. The van der Waals surface area contributed by atoms with E-state index in [-0.39, 0.29) is 0 Å². The number of H-pyrrole nitrogens is 1. The van der Waals surface area contributed by atoms with Crippen molar-refractivity contribution in [2.75, 3.05) is 38.8 Å². The Labute approximate surface area is 133 Å². The average molecular weight is 325 g/mol. The molecule has 2 rings (SSSR count). The third-order valence-electron chi connectivity index (χ3n) is 3.48. The lowest BCUT2D eigenvalue weighted by Gasteiger charge is -2.09. The van der Waals surface area contributed by atoms with Crippen LogP contribution in [-0.2, 0) is 23.1 Å². The molecule has 0 fully saturated rings. The first kappa shape index (κ1) is 17.2. The molecule has 0 radical (unpaired) electrons. The molecule has 2 aromatic heterocycles. The zero-order chi connectivity index (χ0) is 16.8. The van der Waals surface area contributed by atoms with Gasteiger partial charge in [0.05, 0.1) is 6.61 Å². The minimum Gasteiger partial charge on any atom is -0.383 e. The van der Waals surface area contributed by atoms with Crippen molar-refractivity contribution in [3.8, 4) is 0 Å². The number of methoxy groups -OCH3 is 1. The fourth-order valence-electron chi connectivity index (χ4n) is 2.29. The zero-order valence-corrected chi connectivity index (χ0v) is 13.7. The van der Waals surface area contributed by atoms with E-state index >= 15 is 0 Å². The summed E-state index contributed by atoms with van der Waals surface area (Å²) in [6, 6.07) is 0. The molecule has 0 spiro atoms. The smallest absolute Gasteiger partial charge is 0.329 e. The highest BCUT2D eigenvalue weighted by molar-refractivity contribution is 5.74.